The Morgan fingerprint density at radius 2 is 1.71 bits per heavy atom. The second-order valence-electron chi connectivity index (χ2n) is 8.23. The molecule has 34 heavy (non-hydrogen) atoms. The van der Waals surface area contributed by atoms with Crippen molar-refractivity contribution >= 4 is 34.5 Å². The summed E-state index contributed by atoms with van der Waals surface area (Å²) < 4.78 is 0. The van der Waals surface area contributed by atoms with Gasteiger partial charge in [0.15, 0.2) is 0 Å². The number of carbonyl (C=O) groups excluding carboxylic acids is 4. The van der Waals surface area contributed by atoms with Crippen molar-refractivity contribution in [2.45, 2.75) is 12.8 Å². The third-order valence-electron chi connectivity index (χ3n) is 6.13. The summed E-state index contributed by atoms with van der Waals surface area (Å²) in [5.41, 5.74) is 6.95. The van der Waals surface area contributed by atoms with E-state index in [1.807, 2.05) is 24.3 Å². The van der Waals surface area contributed by atoms with E-state index in [4.69, 9.17) is 0 Å². The second kappa shape index (κ2) is 8.86. The van der Waals surface area contributed by atoms with Gasteiger partial charge in [0, 0.05) is 23.3 Å². The van der Waals surface area contributed by atoms with Crippen molar-refractivity contribution in [2.24, 2.45) is 11.8 Å². The molecule has 1 aliphatic heterocycles. The zero-order valence-corrected chi connectivity index (χ0v) is 18.1. The van der Waals surface area contributed by atoms with Crippen LogP contribution in [0.1, 0.15) is 23.2 Å². The Bertz CT molecular complexity index is 1310. The zero-order valence-electron chi connectivity index (χ0n) is 18.1. The maximum Gasteiger partial charge on any atom is 0.270 e. The van der Waals surface area contributed by atoms with Crippen LogP contribution in [0, 0.1) is 11.8 Å². The fraction of sp³-hybridized carbons (Fsp3) is 0.200. The number of pyridine rings is 2. The molecule has 9 heteroatoms. The Morgan fingerprint density at radius 1 is 0.971 bits per heavy atom. The number of hydrogen-bond acceptors (Lipinski definition) is 6. The van der Waals surface area contributed by atoms with Crippen LogP contribution in [0.25, 0.3) is 22.2 Å². The highest BCUT2D eigenvalue weighted by molar-refractivity contribution is 6.09. The molecular weight excluding hydrogens is 434 g/mol. The standard InChI is InChI=1S/C25H21N5O4/c31-22(14-30-24(33)17-8-1-2-9-18(17)25(30)34)28-29-23(32)19-12-21(15-6-5-11-26-13-15)27-20-10-4-3-7-16(19)20/h1-7,10-13,17-18H,8-9,14H2,(H,28,31)(H,29,32)/t17-,18+. The average molecular weight is 455 g/mol. The minimum Gasteiger partial charge on any atom is -0.274 e. The van der Waals surface area contributed by atoms with E-state index in [2.05, 4.69) is 20.8 Å². The second-order valence-corrected chi connectivity index (χ2v) is 8.23. The normalized spacial score (nSPS) is 19.2. The lowest BCUT2D eigenvalue weighted by atomic mass is 9.85. The maximum absolute atomic E-state index is 13.0. The number of aromatic nitrogens is 2. The summed E-state index contributed by atoms with van der Waals surface area (Å²) in [6.07, 6.45) is 8.06. The van der Waals surface area contributed by atoms with Gasteiger partial charge in [0.05, 0.1) is 28.6 Å². The molecule has 2 N–H and O–H groups in total. The van der Waals surface area contributed by atoms with Crippen LogP contribution in [0.3, 0.4) is 0 Å². The molecule has 1 aliphatic carbocycles. The monoisotopic (exact) mass is 455 g/mol. The number of hydrazine groups is 1. The van der Waals surface area contributed by atoms with Crippen molar-refractivity contribution in [3.8, 4) is 11.3 Å². The van der Waals surface area contributed by atoms with E-state index >= 15 is 0 Å². The van der Waals surface area contributed by atoms with Gasteiger partial charge in [-0.15, -0.1) is 0 Å². The van der Waals surface area contributed by atoms with E-state index in [0.717, 1.165) is 10.5 Å². The number of fused-ring (bicyclic) bond motifs is 2. The quantitative estimate of drug-likeness (QED) is 0.353. The molecular formula is C25H21N5O4. The summed E-state index contributed by atoms with van der Waals surface area (Å²) in [5.74, 6) is -2.71. The van der Waals surface area contributed by atoms with Crippen LogP contribution in [0.15, 0.2) is 67.0 Å². The van der Waals surface area contributed by atoms with Gasteiger partial charge in [-0.05, 0) is 37.1 Å². The fourth-order valence-electron chi connectivity index (χ4n) is 4.43. The molecule has 4 amide bonds. The number of nitrogens with one attached hydrogen (secondary N) is 2. The summed E-state index contributed by atoms with van der Waals surface area (Å²) in [6.45, 7) is -0.441. The van der Waals surface area contributed by atoms with Crippen molar-refractivity contribution in [1.82, 2.24) is 25.7 Å². The first-order valence-electron chi connectivity index (χ1n) is 10.9. The Labute approximate surface area is 194 Å². The summed E-state index contributed by atoms with van der Waals surface area (Å²) in [6, 6.07) is 12.4. The smallest absolute Gasteiger partial charge is 0.270 e. The number of imide groups is 1. The molecule has 1 aromatic carbocycles. The molecule has 170 valence electrons. The molecule has 0 saturated carbocycles. The predicted octanol–water partition coefficient (Wildman–Crippen LogP) is 2.01. The largest absolute Gasteiger partial charge is 0.274 e. The summed E-state index contributed by atoms with van der Waals surface area (Å²) in [5, 5.41) is 0.614. The van der Waals surface area contributed by atoms with Gasteiger partial charge in [0.25, 0.3) is 11.8 Å². The number of rotatable bonds is 4. The first-order chi connectivity index (χ1) is 16.5. The lowest BCUT2D eigenvalue weighted by molar-refractivity contribution is -0.143. The molecule has 5 rings (SSSR count). The van der Waals surface area contributed by atoms with Crippen LogP contribution in [-0.2, 0) is 14.4 Å². The molecule has 0 radical (unpaired) electrons. The molecule has 0 bridgehead atoms. The number of para-hydroxylation sites is 1. The number of carbonyl (C=O) groups is 4. The van der Waals surface area contributed by atoms with Crippen LogP contribution in [0.5, 0.6) is 0 Å². The molecule has 3 aromatic rings. The number of allylic oxidation sites excluding steroid dienone is 2. The number of hydrogen-bond donors (Lipinski definition) is 2. The molecule has 0 spiro atoms. The number of likely N-dealkylation sites (tertiary alicyclic amines) is 1. The van der Waals surface area contributed by atoms with Crippen LogP contribution >= 0.6 is 0 Å². The maximum atomic E-state index is 13.0. The van der Waals surface area contributed by atoms with Gasteiger partial charge in [0.1, 0.15) is 6.54 Å². The van der Waals surface area contributed by atoms with Crippen molar-refractivity contribution in [3.05, 3.63) is 72.6 Å². The SMILES string of the molecule is O=C(CN1C(=O)[C@H]2CC=CC[C@H]2C1=O)NNC(=O)c1cc(-c2cccnc2)nc2ccccc12. The van der Waals surface area contributed by atoms with Gasteiger partial charge >= 0.3 is 0 Å². The van der Waals surface area contributed by atoms with E-state index < -0.39 is 30.2 Å². The van der Waals surface area contributed by atoms with Crippen LogP contribution < -0.4 is 10.9 Å². The van der Waals surface area contributed by atoms with Crippen molar-refractivity contribution < 1.29 is 19.2 Å². The summed E-state index contributed by atoms with van der Waals surface area (Å²) >= 11 is 0. The highest BCUT2D eigenvalue weighted by Crippen LogP contribution is 2.34. The van der Waals surface area contributed by atoms with Crippen LogP contribution in [-0.4, -0.2) is 45.0 Å². The summed E-state index contributed by atoms with van der Waals surface area (Å²) in [7, 11) is 0. The molecule has 2 atom stereocenters. The van der Waals surface area contributed by atoms with Crippen molar-refractivity contribution in [1.29, 1.82) is 0 Å². The van der Waals surface area contributed by atoms with Gasteiger partial charge in [0.2, 0.25) is 11.8 Å². The Balaban J connectivity index is 1.31. The molecule has 2 aromatic heterocycles. The first-order valence-corrected chi connectivity index (χ1v) is 10.9. The minimum atomic E-state index is -0.660. The molecule has 2 aliphatic rings. The minimum absolute atomic E-state index is 0.315. The lowest BCUT2D eigenvalue weighted by Gasteiger charge is -2.15. The molecule has 0 unspecified atom stereocenters. The number of amides is 4. The van der Waals surface area contributed by atoms with E-state index in [-0.39, 0.29) is 11.8 Å². The number of benzene rings is 1. The molecule has 1 saturated heterocycles. The van der Waals surface area contributed by atoms with E-state index in [1.54, 1.807) is 42.7 Å². The topological polar surface area (TPSA) is 121 Å². The van der Waals surface area contributed by atoms with E-state index in [0.29, 0.717) is 35.0 Å². The van der Waals surface area contributed by atoms with E-state index in [1.165, 1.54) is 0 Å². The van der Waals surface area contributed by atoms with Gasteiger partial charge < -0.3 is 0 Å². The first kappa shape index (κ1) is 21.4. The number of nitrogens with zero attached hydrogens (tertiary/aromatic N) is 3. The highest BCUT2D eigenvalue weighted by Gasteiger charge is 2.47. The van der Waals surface area contributed by atoms with Gasteiger partial charge in [-0.2, -0.15) is 0 Å². The van der Waals surface area contributed by atoms with Gasteiger partial charge in [-0.1, -0.05) is 30.4 Å². The third kappa shape index (κ3) is 3.92. The highest BCUT2D eigenvalue weighted by atomic mass is 16.2. The molecule has 9 nitrogen and oxygen atoms in total. The zero-order chi connectivity index (χ0) is 23.7. The van der Waals surface area contributed by atoms with E-state index in [9.17, 15) is 19.2 Å². The Kier molecular flexibility index (Phi) is 5.59. The van der Waals surface area contributed by atoms with Crippen molar-refractivity contribution in [2.75, 3.05) is 6.54 Å². The van der Waals surface area contributed by atoms with Gasteiger partial charge in [-0.3, -0.25) is 39.9 Å². The Hall–Kier alpha value is -4.40. The molecule has 1 fully saturated rings. The molecule has 3 heterocycles. The van der Waals surface area contributed by atoms with Gasteiger partial charge in [-0.25, -0.2) is 4.98 Å². The third-order valence-corrected chi connectivity index (χ3v) is 6.13. The lowest BCUT2D eigenvalue weighted by Crippen LogP contribution is -2.48. The predicted molar refractivity (Wildman–Crippen MR) is 123 cm³/mol. The summed E-state index contributed by atoms with van der Waals surface area (Å²) in [4.78, 5) is 60.3. The van der Waals surface area contributed by atoms with Crippen LogP contribution in [0.2, 0.25) is 0 Å². The average Bonchev–Trinajstić information content (AvgIpc) is 3.12. The van der Waals surface area contributed by atoms with Crippen molar-refractivity contribution in [3.63, 3.8) is 0 Å². The van der Waals surface area contributed by atoms with Crippen LogP contribution in [0.4, 0.5) is 0 Å². The fourth-order valence-corrected chi connectivity index (χ4v) is 4.43. The Morgan fingerprint density at radius 3 is 2.41 bits per heavy atom.